The van der Waals surface area contributed by atoms with E-state index in [1.54, 1.807) is 0 Å². The maximum atomic E-state index is 3.40. The second-order valence-electron chi connectivity index (χ2n) is 16.9. The van der Waals surface area contributed by atoms with Crippen molar-refractivity contribution in [3.05, 3.63) is 268 Å². The summed E-state index contributed by atoms with van der Waals surface area (Å²) in [5.41, 5.74) is 19.8. The van der Waals surface area contributed by atoms with Crippen LogP contribution in [-0.4, -0.2) is 0 Å². The maximum Gasteiger partial charge on any atom is 0.0462 e. The average molecular weight is 850 g/mol. The molecule has 0 aliphatic carbocycles. The highest BCUT2D eigenvalue weighted by Crippen LogP contribution is 2.38. The van der Waals surface area contributed by atoms with Crippen LogP contribution in [0.1, 0.15) is 50.1 Å². The van der Waals surface area contributed by atoms with Gasteiger partial charge >= 0.3 is 0 Å². The quantitative estimate of drug-likeness (QED) is 0.134. The van der Waals surface area contributed by atoms with Crippen molar-refractivity contribution in [3.63, 3.8) is 0 Å². The van der Waals surface area contributed by atoms with Crippen LogP contribution in [0.4, 0.5) is 51.2 Å². The lowest BCUT2D eigenvalue weighted by Gasteiger charge is -2.26. The average Bonchev–Trinajstić information content (AvgIpc) is 3.35. The zero-order valence-corrected chi connectivity index (χ0v) is 38.1. The van der Waals surface area contributed by atoms with Crippen LogP contribution in [0, 0.1) is 58.3 Å². The minimum atomic E-state index is 0.948. The summed E-state index contributed by atoms with van der Waals surface area (Å²) in [4.78, 5) is 6.83. The molecule has 9 rings (SSSR count). The summed E-state index contributed by atoms with van der Waals surface area (Å²) < 4.78 is 0. The fourth-order valence-electron chi connectivity index (χ4n) is 7.87. The molecule has 9 aromatic rings. The van der Waals surface area contributed by atoms with E-state index in [0.717, 1.165) is 73.4 Å². The van der Waals surface area contributed by atoms with Crippen molar-refractivity contribution in [2.75, 3.05) is 14.7 Å². The van der Waals surface area contributed by atoms with Gasteiger partial charge in [-0.1, -0.05) is 112 Å². The highest BCUT2D eigenvalue weighted by Gasteiger charge is 2.15. The first kappa shape index (κ1) is 42.8. The van der Waals surface area contributed by atoms with E-state index in [1.807, 2.05) is 0 Å². The lowest BCUT2D eigenvalue weighted by Crippen LogP contribution is -2.10. The summed E-state index contributed by atoms with van der Waals surface area (Å²) in [5.74, 6) is 13.6. The third kappa shape index (κ3) is 10.1. The molecular formula is C63H51N3. The van der Waals surface area contributed by atoms with Crippen LogP contribution in [-0.2, 0) is 0 Å². The van der Waals surface area contributed by atoms with E-state index < -0.39 is 0 Å². The first-order valence-electron chi connectivity index (χ1n) is 22.4. The van der Waals surface area contributed by atoms with E-state index >= 15 is 0 Å². The summed E-state index contributed by atoms with van der Waals surface area (Å²) in [5, 5.41) is 0. The number of rotatable bonds is 9. The van der Waals surface area contributed by atoms with Crippen LogP contribution in [0.2, 0.25) is 0 Å². The van der Waals surface area contributed by atoms with E-state index in [2.05, 4.69) is 291 Å². The maximum absolute atomic E-state index is 3.40. The summed E-state index contributed by atoms with van der Waals surface area (Å²) in [7, 11) is 0. The van der Waals surface area contributed by atoms with E-state index in [0.29, 0.717) is 0 Å². The highest BCUT2D eigenvalue weighted by atomic mass is 15.2. The largest absolute Gasteiger partial charge is 0.311 e. The third-order valence-corrected chi connectivity index (χ3v) is 11.7. The molecule has 0 unspecified atom stereocenters. The Labute approximate surface area is 390 Å². The lowest BCUT2D eigenvalue weighted by molar-refractivity contribution is 1.27. The van der Waals surface area contributed by atoms with Crippen LogP contribution >= 0.6 is 0 Å². The van der Waals surface area contributed by atoms with Crippen LogP contribution in [0.3, 0.4) is 0 Å². The van der Waals surface area contributed by atoms with Gasteiger partial charge in [-0.2, -0.15) is 0 Å². The summed E-state index contributed by atoms with van der Waals surface area (Å²) >= 11 is 0. The van der Waals surface area contributed by atoms with Gasteiger partial charge in [-0.15, -0.1) is 0 Å². The molecular weight excluding hydrogens is 799 g/mol. The Morgan fingerprint density at radius 1 is 0.182 bits per heavy atom. The number of anilines is 9. The molecule has 0 N–H and O–H groups in total. The molecule has 0 atom stereocenters. The van der Waals surface area contributed by atoms with Gasteiger partial charge in [0.15, 0.2) is 0 Å². The van der Waals surface area contributed by atoms with Crippen molar-refractivity contribution in [1.29, 1.82) is 0 Å². The van der Waals surface area contributed by atoms with Crippen molar-refractivity contribution >= 4 is 51.2 Å². The zero-order chi connectivity index (χ0) is 45.4. The second kappa shape index (κ2) is 19.5. The van der Waals surface area contributed by atoms with E-state index in [-0.39, 0.29) is 0 Å². The Morgan fingerprint density at radius 2 is 0.303 bits per heavy atom. The standard InChI is InChI=1S/C63H51N3/c1-46-6-28-55(29-7-46)64(56-30-8-47(2)9-31-56)60-38-20-51(21-39-60)16-18-53-24-42-62(43-25-53)66(59-36-14-50(5)15-37-59)63-44-26-54(27-45-63)19-17-52-22-40-61(41-23-52)65(57-32-10-48(3)11-33-57)58-34-12-49(4)13-35-58/h6-15,20-45H,1-5H3. The molecule has 0 aliphatic rings. The fourth-order valence-corrected chi connectivity index (χ4v) is 7.87. The minimum Gasteiger partial charge on any atom is -0.311 e. The zero-order valence-electron chi connectivity index (χ0n) is 38.1. The molecule has 0 heterocycles. The fraction of sp³-hybridized carbons (Fsp3) is 0.0794. The predicted molar refractivity (Wildman–Crippen MR) is 279 cm³/mol. The lowest BCUT2D eigenvalue weighted by atomic mass is 10.1. The Balaban J connectivity index is 0.920. The predicted octanol–water partition coefficient (Wildman–Crippen LogP) is 16.4. The van der Waals surface area contributed by atoms with Gasteiger partial charge in [0.25, 0.3) is 0 Å². The summed E-state index contributed by atoms with van der Waals surface area (Å²) in [6, 6.07) is 77.2. The van der Waals surface area contributed by atoms with Gasteiger partial charge in [-0.05, 0) is 192 Å². The summed E-state index contributed by atoms with van der Waals surface area (Å²) in [6.45, 7) is 10.6. The molecule has 0 amide bonds. The van der Waals surface area contributed by atoms with Gasteiger partial charge in [0.05, 0.1) is 0 Å². The Bertz CT molecular complexity index is 2870. The Hall–Kier alpha value is -8.50. The van der Waals surface area contributed by atoms with Crippen molar-refractivity contribution in [2.24, 2.45) is 0 Å². The molecule has 0 fully saturated rings. The molecule has 0 saturated heterocycles. The van der Waals surface area contributed by atoms with E-state index in [1.165, 1.54) is 27.8 Å². The van der Waals surface area contributed by atoms with Crippen LogP contribution in [0.15, 0.2) is 218 Å². The molecule has 0 spiro atoms. The van der Waals surface area contributed by atoms with Gasteiger partial charge in [0.2, 0.25) is 0 Å². The molecule has 66 heavy (non-hydrogen) atoms. The molecule has 0 aliphatic heterocycles. The third-order valence-electron chi connectivity index (χ3n) is 11.7. The monoisotopic (exact) mass is 849 g/mol. The molecule has 3 heteroatoms. The molecule has 0 radical (unpaired) electrons. The smallest absolute Gasteiger partial charge is 0.0462 e. The van der Waals surface area contributed by atoms with Crippen molar-refractivity contribution < 1.29 is 0 Å². The number of aryl methyl sites for hydroxylation is 5. The van der Waals surface area contributed by atoms with Crippen LogP contribution in [0.25, 0.3) is 0 Å². The molecule has 318 valence electrons. The van der Waals surface area contributed by atoms with Crippen molar-refractivity contribution in [3.8, 4) is 23.7 Å². The number of hydrogen-bond donors (Lipinski definition) is 0. The first-order valence-corrected chi connectivity index (χ1v) is 22.4. The Morgan fingerprint density at radius 3 is 0.439 bits per heavy atom. The van der Waals surface area contributed by atoms with Crippen molar-refractivity contribution in [1.82, 2.24) is 0 Å². The van der Waals surface area contributed by atoms with Crippen LogP contribution in [0.5, 0.6) is 0 Å². The highest BCUT2D eigenvalue weighted by molar-refractivity contribution is 5.80. The molecule has 3 nitrogen and oxygen atoms in total. The minimum absolute atomic E-state index is 0.948. The van der Waals surface area contributed by atoms with Gasteiger partial charge < -0.3 is 14.7 Å². The number of hydrogen-bond acceptors (Lipinski definition) is 3. The van der Waals surface area contributed by atoms with E-state index in [4.69, 9.17) is 0 Å². The molecule has 0 aromatic heterocycles. The molecule has 9 aromatic carbocycles. The number of nitrogens with zero attached hydrogens (tertiary/aromatic N) is 3. The van der Waals surface area contributed by atoms with Gasteiger partial charge in [-0.3, -0.25) is 0 Å². The second-order valence-corrected chi connectivity index (χ2v) is 16.9. The number of benzene rings is 9. The summed E-state index contributed by atoms with van der Waals surface area (Å²) in [6.07, 6.45) is 0. The van der Waals surface area contributed by atoms with Gasteiger partial charge in [0.1, 0.15) is 0 Å². The Kier molecular flexibility index (Phi) is 12.6. The molecule has 0 bridgehead atoms. The SMILES string of the molecule is Cc1ccc(N(c2ccc(C)cc2)c2ccc(C#Cc3ccc(N(c4ccc(C)cc4)c4ccc(C#Cc5ccc(N(c6ccc(C)cc6)c6ccc(C)cc6)cc5)cc4)cc3)cc2)cc1. The normalized spacial score (nSPS) is 10.6. The van der Waals surface area contributed by atoms with Crippen LogP contribution < -0.4 is 14.7 Å². The van der Waals surface area contributed by atoms with Gasteiger partial charge in [-0.25, -0.2) is 0 Å². The van der Waals surface area contributed by atoms with E-state index in [9.17, 15) is 0 Å². The van der Waals surface area contributed by atoms with Gasteiger partial charge in [0, 0.05) is 73.4 Å². The van der Waals surface area contributed by atoms with Crippen molar-refractivity contribution in [2.45, 2.75) is 34.6 Å². The first-order chi connectivity index (χ1) is 32.2. The topological polar surface area (TPSA) is 9.72 Å². The molecule has 0 saturated carbocycles.